The van der Waals surface area contributed by atoms with Gasteiger partial charge in [0.05, 0.1) is 17.8 Å². The van der Waals surface area contributed by atoms with E-state index in [0.29, 0.717) is 11.5 Å². The number of nitrogens with zero attached hydrogens (tertiary/aromatic N) is 3. The fourth-order valence-corrected chi connectivity index (χ4v) is 4.19. The molecule has 30 heavy (non-hydrogen) atoms. The molecule has 0 radical (unpaired) electrons. The first-order chi connectivity index (χ1) is 14.5. The summed E-state index contributed by atoms with van der Waals surface area (Å²) in [5.74, 6) is 0.00147. The van der Waals surface area contributed by atoms with Crippen LogP contribution in [0.5, 0.6) is 0 Å². The molecule has 0 saturated carbocycles. The van der Waals surface area contributed by atoms with Crippen LogP contribution in [0.1, 0.15) is 42.2 Å². The Bertz CT molecular complexity index is 1080. The van der Waals surface area contributed by atoms with E-state index in [4.69, 9.17) is 12.2 Å². The minimum atomic E-state index is -0.0686. The lowest BCUT2D eigenvalue weighted by molar-refractivity contribution is -0.115. The molecule has 1 fully saturated rings. The average molecular weight is 420 g/mol. The molecule has 1 amide bonds. The summed E-state index contributed by atoms with van der Waals surface area (Å²) < 4.78 is 2.04. The van der Waals surface area contributed by atoms with Gasteiger partial charge < -0.3 is 20.1 Å². The molecule has 1 aliphatic heterocycles. The molecule has 3 aromatic rings. The van der Waals surface area contributed by atoms with Gasteiger partial charge in [0.1, 0.15) is 0 Å². The molecule has 1 saturated heterocycles. The van der Waals surface area contributed by atoms with Crippen molar-refractivity contribution in [1.29, 1.82) is 0 Å². The van der Waals surface area contributed by atoms with Gasteiger partial charge in [-0.25, -0.2) is 0 Å². The zero-order valence-corrected chi connectivity index (χ0v) is 18.1. The maximum Gasteiger partial charge on any atom is 0.224 e. The van der Waals surface area contributed by atoms with Crippen molar-refractivity contribution in [3.8, 4) is 0 Å². The number of hydrogen-bond donors (Lipinski definition) is 2. The van der Waals surface area contributed by atoms with Crippen LogP contribution < -0.4 is 15.5 Å². The molecule has 7 heteroatoms. The molecule has 2 aromatic heterocycles. The van der Waals surface area contributed by atoms with E-state index in [1.165, 1.54) is 0 Å². The molecule has 0 bridgehead atoms. The average Bonchev–Trinajstić information content (AvgIpc) is 3.32. The molecule has 4 rings (SSSR count). The summed E-state index contributed by atoms with van der Waals surface area (Å²) >= 11 is 5.76. The van der Waals surface area contributed by atoms with Gasteiger partial charge in [0.25, 0.3) is 0 Å². The summed E-state index contributed by atoms with van der Waals surface area (Å²) in [7, 11) is 2.01. The highest BCUT2D eigenvalue weighted by Crippen LogP contribution is 2.42. The zero-order chi connectivity index (χ0) is 21.3. The van der Waals surface area contributed by atoms with Crippen LogP contribution in [0.25, 0.3) is 0 Å². The summed E-state index contributed by atoms with van der Waals surface area (Å²) in [4.78, 5) is 18.5. The molecule has 3 heterocycles. The van der Waals surface area contributed by atoms with Gasteiger partial charge in [0.2, 0.25) is 5.91 Å². The number of rotatable bonds is 5. The summed E-state index contributed by atoms with van der Waals surface area (Å²) in [6, 6.07) is 14.0. The van der Waals surface area contributed by atoms with E-state index in [0.717, 1.165) is 28.2 Å². The van der Waals surface area contributed by atoms with Crippen LogP contribution in [0.3, 0.4) is 0 Å². The zero-order valence-electron chi connectivity index (χ0n) is 17.3. The Morgan fingerprint density at radius 2 is 2.10 bits per heavy atom. The van der Waals surface area contributed by atoms with Crippen LogP contribution in [0.4, 0.5) is 11.4 Å². The van der Waals surface area contributed by atoms with Gasteiger partial charge in [-0.3, -0.25) is 9.78 Å². The van der Waals surface area contributed by atoms with Crippen LogP contribution in [0, 0.1) is 6.92 Å². The third-order valence-corrected chi connectivity index (χ3v) is 5.69. The molecule has 1 aliphatic rings. The van der Waals surface area contributed by atoms with Crippen molar-refractivity contribution < 1.29 is 4.79 Å². The number of nitrogens with one attached hydrogen (secondary N) is 2. The third-order valence-electron chi connectivity index (χ3n) is 5.38. The highest BCUT2D eigenvalue weighted by Gasteiger charge is 2.41. The van der Waals surface area contributed by atoms with Gasteiger partial charge in [-0.2, -0.15) is 0 Å². The van der Waals surface area contributed by atoms with Gasteiger partial charge in [-0.05, 0) is 66.7 Å². The Morgan fingerprint density at radius 3 is 2.73 bits per heavy atom. The number of benzene rings is 1. The topological polar surface area (TPSA) is 62.2 Å². The monoisotopic (exact) mass is 419 g/mol. The van der Waals surface area contributed by atoms with Gasteiger partial charge in [-0.1, -0.05) is 13.0 Å². The number of amides is 1. The summed E-state index contributed by atoms with van der Waals surface area (Å²) in [6.07, 6.45) is 6.41. The van der Waals surface area contributed by atoms with E-state index in [2.05, 4.69) is 38.8 Å². The Labute approximate surface area is 181 Å². The fourth-order valence-electron chi connectivity index (χ4n) is 3.85. The lowest BCUT2D eigenvalue weighted by Crippen LogP contribution is -2.29. The second-order valence-electron chi connectivity index (χ2n) is 7.51. The fraction of sp³-hybridized carbons (Fsp3) is 0.261. The van der Waals surface area contributed by atoms with Crippen molar-refractivity contribution in [2.45, 2.75) is 32.4 Å². The van der Waals surface area contributed by atoms with Gasteiger partial charge in [-0.15, -0.1) is 0 Å². The second kappa shape index (κ2) is 8.28. The van der Waals surface area contributed by atoms with Crippen LogP contribution in [0.15, 0.2) is 61.1 Å². The molecular formula is C23H25N5OS. The van der Waals surface area contributed by atoms with Gasteiger partial charge in [0, 0.05) is 43.4 Å². The van der Waals surface area contributed by atoms with E-state index >= 15 is 0 Å². The first-order valence-corrected chi connectivity index (χ1v) is 10.4. The predicted molar refractivity (Wildman–Crippen MR) is 123 cm³/mol. The lowest BCUT2D eigenvalue weighted by atomic mass is 9.98. The molecule has 6 nitrogen and oxygen atoms in total. The Balaban J connectivity index is 1.74. The van der Waals surface area contributed by atoms with E-state index in [-0.39, 0.29) is 18.0 Å². The molecule has 0 spiro atoms. The lowest BCUT2D eigenvalue weighted by Gasteiger charge is -2.28. The van der Waals surface area contributed by atoms with Crippen LogP contribution >= 0.6 is 12.2 Å². The maximum atomic E-state index is 11.8. The Hall–Kier alpha value is -3.19. The van der Waals surface area contributed by atoms with Crippen molar-refractivity contribution >= 4 is 34.6 Å². The number of aryl methyl sites for hydroxylation is 2. The SMILES string of the molecule is CCC(=O)Nc1ccc(N2C(=S)N[C@H](c3ccccn3)[C@H]2c2ccn(C)c2)cc1C. The minimum absolute atomic E-state index is 0.00147. The molecule has 1 aromatic carbocycles. The number of anilines is 2. The smallest absolute Gasteiger partial charge is 0.224 e. The van der Waals surface area contributed by atoms with Crippen molar-refractivity contribution in [1.82, 2.24) is 14.9 Å². The number of thiocarbonyl (C=S) groups is 1. The molecule has 0 unspecified atom stereocenters. The number of aromatic nitrogens is 2. The van der Waals surface area contributed by atoms with E-state index in [1.807, 2.05) is 62.0 Å². The molecule has 2 N–H and O–H groups in total. The van der Waals surface area contributed by atoms with Crippen molar-refractivity contribution in [2.24, 2.45) is 7.05 Å². The standard InChI is InChI=1S/C23H25N5OS/c1-4-20(29)25-18-9-8-17(13-15(18)2)28-22(16-10-12-27(3)14-16)21(26-23(28)30)19-7-5-6-11-24-19/h5-14,21-22H,4H2,1-3H3,(H,25,29)(H,26,30)/t21-,22-/m1/s1. The highest BCUT2D eigenvalue weighted by molar-refractivity contribution is 7.80. The Kier molecular flexibility index (Phi) is 5.55. The quantitative estimate of drug-likeness (QED) is 0.605. The second-order valence-corrected chi connectivity index (χ2v) is 7.89. The number of hydrogen-bond acceptors (Lipinski definition) is 3. The van der Waals surface area contributed by atoms with Crippen molar-refractivity contribution in [3.05, 3.63) is 77.9 Å². The summed E-state index contributed by atoms with van der Waals surface area (Å²) in [6.45, 7) is 3.84. The minimum Gasteiger partial charge on any atom is -0.357 e. The first-order valence-electron chi connectivity index (χ1n) is 10.0. The third kappa shape index (κ3) is 3.80. The summed E-state index contributed by atoms with van der Waals surface area (Å²) in [5, 5.41) is 7.08. The molecule has 2 atom stereocenters. The number of carbonyl (C=O) groups is 1. The molecule has 154 valence electrons. The van der Waals surface area contributed by atoms with Crippen molar-refractivity contribution in [3.63, 3.8) is 0 Å². The maximum absolute atomic E-state index is 11.8. The van der Waals surface area contributed by atoms with E-state index in [1.54, 1.807) is 6.20 Å². The van der Waals surface area contributed by atoms with Crippen LogP contribution in [0.2, 0.25) is 0 Å². The van der Waals surface area contributed by atoms with E-state index < -0.39 is 0 Å². The van der Waals surface area contributed by atoms with Gasteiger partial charge in [0.15, 0.2) is 5.11 Å². The number of pyridine rings is 1. The van der Waals surface area contributed by atoms with Crippen LogP contribution in [-0.2, 0) is 11.8 Å². The predicted octanol–water partition coefficient (Wildman–Crippen LogP) is 4.25. The van der Waals surface area contributed by atoms with Crippen molar-refractivity contribution in [2.75, 3.05) is 10.2 Å². The molecular weight excluding hydrogens is 394 g/mol. The van der Waals surface area contributed by atoms with Gasteiger partial charge >= 0.3 is 0 Å². The normalized spacial score (nSPS) is 18.4. The highest BCUT2D eigenvalue weighted by atomic mass is 32.1. The summed E-state index contributed by atoms with van der Waals surface area (Å²) in [5.41, 5.74) is 4.89. The van der Waals surface area contributed by atoms with Crippen LogP contribution in [-0.4, -0.2) is 20.6 Å². The Morgan fingerprint density at radius 1 is 1.27 bits per heavy atom. The first kappa shape index (κ1) is 20.1. The number of carbonyl (C=O) groups excluding carboxylic acids is 1. The molecule has 0 aliphatic carbocycles. The largest absolute Gasteiger partial charge is 0.357 e. The van der Waals surface area contributed by atoms with E-state index in [9.17, 15) is 4.79 Å².